The molecule has 1 saturated heterocycles. The van der Waals surface area contributed by atoms with Crippen molar-refractivity contribution in [3.05, 3.63) is 29.6 Å². The molecule has 6 heteroatoms. The van der Waals surface area contributed by atoms with Crippen molar-refractivity contribution >= 4 is 17.5 Å². The molecule has 1 heterocycles. The largest absolute Gasteiger partial charge is 0.350 e. The van der Waals surface area contributed by atoms with Crippen molar-refractivity contribution in [2.45, 2.75) is 19.9 Å². The lowest BCUT2D eigenvalue weighted by Gasteiger charge is -2.31. The molecule has 1 aromatic carbocycles. The molecule has 0 aliphatic carbocycles. The molecule has 2 rings (SSSR count). The van der Waals surface area contributed by atoms with Crippen LogP contribution in [-0.2, 0) is 9.59 Å². The van der Waals surface area contributed by atoms with Crippen molar-refractivity contribution < 1.29 is 14.0 Å². The lowest BCUT2D eigenvalue weighted by atomic mass is 10.0. The number of imide groups is 1. The van der Waals surface area contributed by atoms with Crippen LogP contribution in [0, 0.1) is 5.82 Å². The molecule has 2 N–H and O–H groups in total. The molecule has 108 valence electrons. The van der Waals surface area contributed by atoms with Gasteiger partial charge in [0.1, 0.15) is 5.82 Å². The van der Waals surface area contributed by atoms with E-state index in [0.717, 1.165) is 12.1 Å². The molecule has 0 bridgehead atoms. The fourth-order valence-corrected chi connectivity index (χ4v) is 2.43. The first-order valence-corrected chi connectivity index (χ1v) is 6.62. The Morgan fingerprint density at radius 2 is 2.00 bits per heavy atom. The number of halogens is 1. The summed E-state index contributed by atoms with van der Waals surface area (Å²) in [5.41, 5.74) is 1.07. The third-order valence-corrected chi connectivity index (χ3v) is 3.26. The van der Waals surface area contributed by atoms with E-state index >= 15 is 0 Å². The second-order valence-electron chi connectivity index (χ2n) is 4.78. The summed E-state index contributed by atoms with van der Waals surface area (Å²) >= 11 is 0. The summed E-state index contributed by atoms with van der Waals surface area (Å²) in [5, 5.41) is 5.43. The Morgan fingerprint density at radius 1 is 1.35 bits per heavy atom. The molecule has 1 aromatic rings. The minimum absolute atomic E-state index is 0.0154. The number of para-hydroxylation sites is 1. The molecule has 1 fully saturated rings. The Morgan fingerprint density at radius 3 is 2.60 bits per heavy atom. The molecular formula is C14H18FN3O2. The standard InChI is InChI=1S/C14H18FN3O2/c1-3-16-9(2)10-5-4-6-11(15)14(10)18-7-12(19)17-13(20)8-18/h4-6,9,16H,3,7-8H2,1-2H3,(H,17,19,20). The second kappa shape index (κ2) is 6.00. The Hall–Kier alpha value is -1.95. The van der Waals surface area contributed by atoms with Gasteiger partial charge >= 0.3 is 0 Å². The summed E-state index contributed by atoms with van der Waals surface area (Å²) in [5.74, 6) is -1.24. The van der Waals surface area contributed by atoms with Crippen LogP contribution < -0.4 is 15.5 Å². The Labute approximate surface area is 117 Å². The summed E-state index contributed by atoms with van der Waals surface area (Å²) in [7, 11) is 0. The van der Waals surface area contributed by atoms with E-state index in [2.05, 4.69) is 10.6 Å². The van der Waals surface area contributed by atoms with Crippen LogP contribution >= 0.6 is 0 Å². The quantitative estimate of drug-likeness (QED) is 0.806. The van der Waals surface area contributed by atoms with Gasteiger partial charge in [-0.1, -0.05) is 19.1 Å². The highest BCUT2D eigenvalue weighted by Gasteiger charge is 2.27. The number of amides is 2. The van der Waals surface area contributed by atoms with E-state index < -0.39 is 17.6 Å². The highest BCUT2D eigenvalue weighted by molar-refractivity contribution is 6.02. The topological polar surface area (TPSA) is 61.4 Å². The van der Waals surface area contributed by atoms with E-state index in [4.69, 9.17) is 0 Å². The van der Waals surface area contributed by atoms with Gasteiger partial charge in [-0.25, -0.2) is 4.39 Å². The van der Waals surface area contributed by atoms with Crippen LogP contribution in [0.25, 0.3) is 0 Å². The number of piperazine rings is 1. The zero-order chi connectivity index (χ0) is 14.7. The van der Waals surface area contributed by atoms with Gasteiger partial charge in [0, 0.05) is 6.04 Å². The number of carbonyl (C=O) groups excluding carboxylic acids is 2. The van der Waals surface area contributed by atoms with E-state index in [1.807, 2.05) is 19.9 Å². The maximum absolute atomic E-state index is 14.2. The predicted molar refractivity (Wildman–Crippen MR) is 73.9 cm³/mol. The molecule has 0 saturated carbocycles. The number of rotatable bonds is 4. The Kier molecular flexibility index (Phi) is 4.34. The first kappa shape index (κ1) is 14.5. The van der Waals surface area contributed by atoms with Crippen molar-refractivity contribution in [2.75, 3.05) is 24.5 Å². The van der Waals surface area contributed by atoms with E-state index in [0.29, 0.717) is 5.69 Å². The third-order valence-electron chi connectivity index (χ3n) is 3.26. The number of anilines is 1. The van der Waals surface area contributed by atoms with Gasteiger partial charge in [0.2, 0.25) is 11.8 Å². The van der Waals surface area contributed by atoms with Crippen LogP contribution in [0.2, 0.25) is 0 Å². The lowest BCUT2D eigenvalue weighted by molar-refractivity contribution is -0.130. The van der Waals surface area contributed by atoms with Crippen LogP contribution in [0.4, 0.5) is 10.1 Å². The van der Waals surface area contributed by atoms with E-state index in [1.165, 1.54) is 11.0 Å². The first-order valence-electron chi connectivity index (χ1n) is 6.62. The number of hydrogen-bond donors (Lipinski definition) is 2. The molecular weight excluding hydrogens is 261 g/mol. The normalized spacial score (nSPS) is 17.1. The van der Waals surface area contributed by atoms with Crippen LogP contribution in [0.3, 0.4) is 0 Å². The molecule has 0 aromatic heterocycles. The van der Waals surface area contributed by atoms with Gasteiger partial charge in [-0.15, -0.1) is 0 Å². The molecule has 1 atom stereocenters. The van der Waals surface area contributed by atoms with Crippen molar-refractivity contribution in [1.29, 1.82) is 0 Å². The van der Waals surface area contributed by atoms with Gasteiger partial charge in [0.25, 0.3) is 0 Å². The maximum atomic E-state index is 14.2. The molecule has 20 heavy (non-hydrogen) atoms. The van der Waals surface area contributed by atoms with Gasteiger partial charge in [-0.2, -0.15) is 0 Å². The molecule has 1 unspecified atom stereocenters. The van der Waals surface area contributed by atoms with Gasteiger partial charge in [-0.05, 0) is 25.1 Å². The molecule has 5 nitrogen and oxygen atoms in total. The zero-order valence-electron chi connectivity index (χ0n) is 11.6. The minimum Gasteiger partial charge on any atom is -0.350 e. The van der Waals surface area contributed by atoms with Gasteiger partial charge in [0.15, 0.2) is 0 Å². The number of nitrogens with one attached hydrogen (secondary N) is 2. The van der Waals surface area contributed by atoms with E-state index in [9.17, 15) is 14.0 Å². The maximum Gasteiger partial charge on any atom is 0.246 e. The smallest absolute Gasteiger partial charge is 0.246 e. The highest BCUT2D eigenvalue weighted by Crippen LogP contribution is 2.29. The second-order valence-corrected chi connectivity index (χ2v) is 4.78. The monoisotopic (exact) mass is 279 g/mol. The summed E-state index contributed by atoms with van der Waals surface area (Å²) in [6, 6.07) is 4.72. The van der Waals surface area contributed by atoms with Crippen molar-refractivity contribution in [3.8, 4) is 0 Å². The summed E-state index contributed by atoms with van der Waals surface area (Å²) in [4.78, 5) is 24.4. The molecule has 1 aliphatic heterocycles. The minimum atomic E-state index is -0.422. The predicted octanol–water partition coefficient (Wildman–Crippen LogP) is 0.959. The van der Waals surface area contributed by atoms with Crippen LogP contribution in [0.1, 0.15) is 25.5 Å². The number of benzene rings is 1. The first-order chi connectivity index (χ1) is 9.52. The third kappa shape index (κ3) is 2.96. The lowest BCUT2D eigenvalue weighted by Crippen LogP contribution is -2.52. The SMILES string of the molecule is CCNC(C)c1cccc(F)c1N1CC(=O)NC(=O)C1. The summed E-state index contributed by atoms with van der Waals surface area (Å²) in [6.45, 7) is 4.61. The van der Waals surface area contributed by atoms with Crippen LogP contribution in [0.5, 0.6) is 0 Å². The highest BCUT2D eigenvalue weighted by atomic mass is 19.1. The van der Waals surface area contributed by atoms with Gasteiger partial charge < -0.3 is 10.2 Å². The number of hydrogen-bond acceptors (Lipinski definition) is 4. The van der Waals surface area contributed by atoms with Crippen molar-refractivity contribution in [1.82, 2.24) is 10.6 Å². The van der Waals surface area contributed by atoms with E-state index in [1.54, 1.807) is 6.07 Å². The zero-order valence-corrected chi connectivity index (χ0v) is 11.6. The Balaban J connectivity index is 2.39. The molecule has 0 spiro atoms. The van der Waals surface area contributed by atoms with Crippen molar-refractivity contribution in [3.63, 3.8) is 0 Å². The van der Waals surface area contributed by atoms with Crippen molar-refractivity contribution in [2.24, 2.45) is 0 Å². The van der Waals surface area contributed by atoms with Crippen LogP contribution in [0.15, 0.2) is 18.2 Å². The fraction of sp³-hybridized carbons (Fsp3) is 0.429. The Bertz CT molecular complexity index is 517. The van der Waals surface area contributed by atoms with Gasteiger partial charge in [-0.3, -0.25) is 14.9 Å². The van der Waals surface area contributed by atoms with Crippen LogP contribution in [-0.4, -0.2) is 31.4 Å². The molecule has 0 radical (unpaired) electrons. The summed E-state index contributed by atoms with van der Waals surface area (Å²) < 4.78 is 14.2. The number of nitrogens with zero attached hydrogens (tertiary/aromatic N) is 1. The molecule has 2 amide bonds. The fourth-order valence-electron chi connectivity index (χ4n) is 2.43. The summed E-state index contributed by atoms with van der Waals surface area (Å²) in [6.07, 6.45) is 0. The van der Waals surface area contributed by atoms with Gasteiger partial charge in [0.05, 0.1) is 18.8 Å². The average molecular weight is 279 g/mol. The average Bonchev–Trinajstić information content (AvgIpc) is 2.37. The molecule has 1 aliphatic rings. The van der Waals surface area contributed by atoms with E-state index in [-0.39, 0.29) is 19.1 Å². The number of carbonyl (C=O) groups is 2.